The predicted molar refractivity (Wildman–Crippen MR) is 142 cm³/mol. The second kappa shape index (κ2) is 10.5. The Hall–Kier alpha value is -3.92. The van der Waals surface area contributed by atoms with Gasteiger partial charge in [0.2, 0.25) is 5.91 Å². The molecule has 1 atom stereocenters. The number of amides is 1. The molecule has 1 amide bonds. The highest BCUT2D eigenvalue weighted by Crippen LogP contribution is 2.49. The van der Waals surface area contributed by atoms with Crippen LogP contribution in [0.25, 0.3) is 22.0 Å². The van der Waals surface area contributed by atoms with E-state index >= 15 is 0 Å². The number of rotatable bonds is 4. The number of pyridine rings is 1. The van der Waals surface area contributed by atoms with Crippen molar-refractivity contribution in [3.8, 4) is 11.1 Å². The summed E-state index contributed by atoms with van der Waals surface area (Å²) in [6, 6.07) is 18.6. The lowest BCUT2D eigenvalue weighted by Crippen LogP contribution is -2.45. The van der Waals surface area contributed by atoms with Gasteiger partial charge in [-0.1, -0.05) is 66.7 Å². The van der Waals surface area contributed by atoms with Gasteiger partial charge in [0.15, 0.2) is 5.69 Å². The minimum atomic E-state index is -5.18. The van der Waals surface area contributed by atoms with E-state index < -0.39 is 51.6 Å². The van der Waals surface area contributed by atoms with E-state index in [0.717, 1.165) is 12.1 Å². The van der Waals surface area contributed by atoms with E-state index in [0.29, 0.717) is 31.5 Å². The molecule has 0 radical (unpaired) electrons. The Morgan fingerprint density at radius 1 is 0.829 bits per heavy atom. The smallest absolute Gasteiger partial charge is 0.380 e. The lowest BCUT2D eigenvalue weighted by Gasteiger charge is -2.42. The third-order valence-corrected chi connectivity index (χ3v) is 7.78. The highest BCUT2D eigenvalue weighted by molar-refractivity contribution is 5.91. The zero-order valence-electron chi connectivity index (χ0n) is 21.9. The van der Waals surface area contributed by atoms with Crippen LogP contribution in [-0.2, 0) is 22.7 Å². The topological polar surface area (TPSA) is 53.4 Å². The van der Waals surface area contributed by atoms with E-state index in [2.05, 4.69) is 4.98 Å². The molecule has 0 spiro atoms. The third-order valence-electron chi connectivity index (χ3n) is 7.78. The van der Waals surface area contributed by atoms with Gasteiger partial charge in [-0.25, -0.2) is 4.98 Å². The maximum absolute atomic E-state index is 14.8. The summed E-state index contributed by atoms with van der Waals surface area (Å²) in [5.41, 5.74) is -6.18. The Kier molecular flexibility index (Phi) is 7.31. The van der Waals surface area contributed by atoms with Gasteiger partial charge in [0, 0.05) is 31.0 Å². The zero-order chi connectivity index (χ0) is 29.6. The number of nitrogens with zero attached hydrogens (tertiary/aromatic N) is 2. The number of aromatic nitrogens is 1. The highest BCUT2D eigenvalue weighted by atomic mass is 19.4. The van der Waals surface area contributed by atoms with E-state index in [-0.39, 0.29) is 17.0 Å². The summed E-state index contributed by atoms with van der Waals surface area (Å²) >= 11 is 0. The predicted octanol–water partition coefficient (Wildman–Crippen LogP) is 7.43. The molecular weight excluding hydrogens is 546 g/mol. The molecule has 214 valence electrons. The van der Waals surface area contributed by atoms with Gasteiger partial charge in [0.05, 0.1) is 11.1 Å². The van der Waals surface area contributed by atoms with Crippen LogP contribution in [-0.4, -0.2) is 34.0 Å². The minimum Gasteiger partial charge on any atom is -0.380 e. The van der Waals surface area contributed by atoms with Gasteiger partial charge >= 0.3 is 12.4 Å². The van der Waals surface area contributed by atoms with Crippen molar-refractivity contribution in [1.82, 2.24) is 9.88 Å². The monoisotopic (exact) mass is 572 g/mol. The number of hydrogen-bond donors (Lipinski definition) is 1. The molecule has 1 aromatic heterocycles. The fourth-order valence-electron chi connectivity index (χ4n) is 5.83. The van der Waals surface area contributed by atoms with Crippen molar-refractivity contribution in [1.29, 1.82) is 0 Å². The number of hydrogen-bond acceptors (Lipinski definition) is 3. The van der Waals surface area contributed by atoms with Crippen molar-refractivity contribution in [2.45, 2.75) is 37.7 Å². The highest BCUT2D eigenvalue weighted by Gasteiger charge is 2.46. The minimum absolute atomic E-state index is 0.101. The van der Waals surface area contributed by atoms with Crippen molar-refractivity contribution in [2.75, 3.05) is 13.1 Å². The van der Waals surface area contributed by atoms with Gasteiger partial charge in [-0.2, -0.15) is 26.3 Å². The molecule has 1 saturated heterocycles. The first-order chi connectivity index (χ1) is 19.3. The average Bonchev–Trinajstić information content (AvgIpc) is 2.95. The molecule has 1 aliphatic rings. The molecule has 5 rings (SSSR count). The molecule has 1 N–H and O–H groups in total. The van der Waals surface area contributed by atoms with Crippen molar-refractivity contribution in [3.63, 3.8) is 0 Å². The average molecular weight is 573 g/mol. The number of carbonyl (C=O) groups excluding carboxylic acids is 1. The summed E-state index contributed by atoms with van der Waals surface area (Å²) < 4.78 is 86.7. The Morgan fingerprint density at radius 3 is 1.95 bits per heavy atom. The summed E-state index contributed by atoms with van der Waals surface area (Å²) in [4.78, 5) is 17.2. The van der Waals surface area contributed by atoms with Gasteiger partial charge in [0.1, 0.15) is 5.60 Å². The molecule has 41 heavy (non-hydrogen) atoms. The number of alkyl halides is 6. The maximum Gasteiger partial charge on any atom is 0.433 e. The number of likely N-dealkylation sites (tertiary alicyclic amines) is 1. The lowest BCUT2D eigenvalue weighted by atomic mass is 9.71. The molecule has 1 aliphatic heterocycles. The van der Waals surface area contributed by atoms with Gasteiger partial charge < -0.3 is 10.0 Å². The van der Waals surface area contributed by atoms with E-state index in [1.807, 2.05) is 0 Å². The van der Waals surface area contributed by atoms with Crippen LogP contribution < -0.4 is 0 Å². The number of halogens is 6. The Labute approximate surface area is 232 Å². The first-order valence-corrected chi connectivity index (χ1v) is 13.0. The first-order valence-electron chi connectivity index (χ1n) is 13.0. The molecule has 10 heteroatoms. The van der Waals surface area contributed by atoms with Crippen LogP contribution >= 0.6 is 0 Å². The van der Waals surface area contributed by atoms with Gasteiger partial charge in [-0.3, -0.25) is 4.79 Å². The molecule has 2 heterocycles. The zero-order valence-corrected chi connectivity index (χ0v) is 21.9. The summed E-state index contributed by atoms with van der Waals surface area (Å²) in [6.45, 7) is 2.15. The Morgan fingerprint density at radius 2 is 1.41 bits per heavy atom. The Bertz CT molecular complexity index is 1560. The van der Waals surface area contributed by atoms with Crippen LogP contribution in [0.5, 0.6) is 0 Å². The number of benzene rings is 3. The van der Waals surface area contributed by atoms with E-state index in [1.54, 1.807) is 35.2 Å². The molecule has 0 saturated carbocycles. The van der Waals surface area contributed by atoms with Gasteiger partial charge in [-0.15, -0.1) is 0 Å². The second-order valence-corrected chi connectivity index (χ2v) is 10.2. The maximum atomic E-state index is 14.8. The molecule has 0 bridgehead atoms. The number of aliphatic hydroxyl groups is 1. The van der Waals surface area contributed by atoms with Crippen molar-refractivity contribution >= 4 is 16.8 Å². The van der Waals surface area contributed by atoms with Gasteiger partial charge in [0.25, 0.3) is 0 Å². The second-order valence-electron chi connectivity index (χ2n) is 10.2. The summed E-state index contributed by atoms with van der Waals surface area (Å²) in [7, 11) is 0. The molecule has 4 nitrogen and oxygen atoms in total. The van der Waals surface area contributed by atoms with Crippen LogP contribution in [0.4, 0.5) is 26.3 Å². The van der Waals surface area contributed by atoms with Crippen LogP contribution in [0, 0.1) is 5.92 Å². The van der Waals surface area contributed by atoms with Crippen LogP contribution in [0.3, 0.4) is 0 Å². The van der Waals surface area contributed by atoms with E-state index in [4.69, 9.17) is 0 Å². The lowest BCUT2D eigenvalue weighted by molar-refractivity contribution is -0.143. The van der Waals surface area contributed by atoms with Crippen molar-refractivity contribution in [2.24, 2.45) is 5.92 Å². The third kappa shape index (κ3) is 5.28. The number of carbonyl (C=O) groups is 1. The molecule has 1 unspecified atom stereocenters. The molecule has 4 aromatic rings. The quantitative estimate of drug-likeness (QED) is 0.259. The van der Waals surface area contributed by atoms with Gasteiger partial charge in [-0.05, 0) is 47.6 Å². The first kappa shape index (κ1) is 28.6. The van der Waals surface area contributed by atoms with Crippen molar-refractivity contribution < 1.29 is 36.2 Å². The molecule has 0 aliphatic carbocycles. The number of piperidine rings is 1. The molecule has 1 fully saturated rings. The van der Waals surface area contributed by atoms with E-state index in [1.165, 1.54) is 43.3 Å². The van der Waals surface area contributed by atoms with Crippen LogP contribution in [0.1, 0.15) is 42.1 Å². The van der Waals surface area contributed by atoms with Crippen LogP contribution in [0.15, 0.2) is 78.9 Å². The fourth-order valence-corrected chi connectivity index (χ4v) is 5.83. The SMILES string of the molecule is CC(=O)N1CCC(C(O)(c2ccccc2)c2ccc3nc(C(F)(F)F)c(-c4ccccc4)c(C(F)(F)F)c3c2)CC1. The summed E-state index contributed by atoms with van der Waals surface area (Å²) in [5, 5.41) is 11.8. The molecule has 3 aromatic carbocycles. The molecular formula is C31H26F6N2O2. The fraction of sp³-hybridized carbons (Fsp3) is 0.290. The van der Waals surface area contributed by atoms with Crippen molar-refractivity contribution in [3.05, 3.63) is 101 Å². The normalized spacial score (nSPS) is 16.5. The largest absolute Gasteiger partial charge is 0.433 e. The van der Waals surface area contributed by atoms with E-state index in [9.17, 15) is 36.2 Å². The summed E-state index contributed by atoms with van der Waals surface area (Å²) in [5.74, 6) is -0.601. The number of fused-ring (bicyclic) bond motifs is 1. The summed E-state index contributed by atoms with van der Waals surface area (Å²) in [6.07, 6.45) is -9.60. The van der Waals surface area contributed by atoms with Crippen LogP contribution in [0.2, 0.25) is 0 Å². The Balaban J connectivity index is 1.79. The standard InChI is InChI=1S/C31H26F6N2O2/c1-19(40)39-16-14-22(15-17-39)29(41,21-10-6-3-7-11-21)23-12-13-25-24(18-23)27(30(32,33)34)26(20-8-4-2-5-9-20)28(38-25)31(35,36)37/h2-13,18,22,41H,14-17H2,1H3.